The molecule has 2 aromatic carbocycles. The van der Waals surface area contributed by atoms with E-state index in [2.05, 4.69) is 11.4 Å². The second kappa shape index (κ2) is 7.36. The zero-order chi connectivity index (χ0) is 16.9. The number of nitrogens with one attached hydrogen (secondary N) is 1. The Morgan fingerprint density at radius 3 is 2.92 bits per heavy atom. The van der Waals surface area contributed by atoms with Gasteiger partial charge in [-0.05, 0) is 42.2 Å². The highest BCUT2D eigenvalue weighted by molar-refractivity contribution is 5.95. The zero-order valence-electron chi connectivity index (χ0n) is 13.8. The van der Waals surface area contributed by atoms with E-state index in [9.17, 15) is 9.90 Å². The number of phenols is 1. The zero-order valence-corrected chi connectivity index (χ0v) is 13.8. The molecule has 0 aromatic heterocycles. The molecule has 1 heterocycles. The maximum Gasteiger partial charge on any atom is 0.240 e. The van der Waals surface area contributed by atoms with Crippen LogP contribution in [0.3, 0.4) is 0 Å². The highest BCUT2D eigenvalue weighted by Crippen LogP contribution is 2.27. The lowest BCUT2D eigenvalue weighted by molar-refractivity contribution is -0.117. The summed E-state index contributed by atoms with van der Waals surface area (Å²) in [4.78, 5) is 14.4. The Bertz CT molecular complexity index is 730. The molecule has 0 atom stereocenters. The second-order valence-electron chi connectivity index (χ2n) is 5.89. The summed E-state index contributed by atoms with van der Waals surface area (Å²) in [5, 5.41) is 12.9. The van der Waals surface area contributed by atoms with Crippen LogP contribution >= 0.6 is 0 Å². The Labute approximate surface area is 141 Å². The molecule has 0 saturated heterocycles. The van der Waals surface area contributed by atoms with E-state index in [1.165, 1.54) is 12.7 Å². The molecule has 1 aliphatic rings. The fourth-order valence-corrected chi connectivity index (χ4v) is 3.05. The molecule has 2 N–H and O–H groups in total. The van der Waals surface area contributed by atoms with Crippen molar-refractivity contribution in [1.29, 1.82) is 0 Å². The molecular formula is C19H22N2O3. The van der Waals surface area contributed by atoms with Crippen molar-refractivity contribution in [3.63, 3.8) is 0 Å². The lowest BCUT2D eigenvalue weighted by Crippen LogP contribution is -2.41. The number of phenolic OH excluding ortho intramolecular Hbond substituents is 1. The van der Waals surface area contributed by atoms with Crippen LogP contribution in [0.2, 0.25) is 0 Å². The van der Waals surface area contributed by atoms with E-state index in [1.807, 2.05) is 29.2 Å². The number of ether oxygens (including phenoxy) is 1. The number of carbonyl (C=O) groups excluding carboxylic acids is 1. The van der Waals surface area contributed by atoms with E-state index in [0.717, 1.165) is 30.6 Å². The van der Waals surface area contributed by atoms with Gasteiger partial charge in [0.15, 0.2) is 11.5 Å². The minimum Gasteiger partial charge on any atom is -0.504 e. The van der Waals surface area contributed by atoms with Gasteiger partial charge in [0.1, 0.15) is 0 Å². The van der Waals surface area contributed by atoms with Crippen molar-refractivity contribution >= 4 is 11.6 Å². The molecule has 0 fully saturated rings. The van der Waals surface area contributed by atoms with Crippen molar-refractivity contribution in [2.24, 2.45) is 0 Å². The summed E-state index contributed by atoms with van der Waals surface area (Å²) >= 11 is 0. The number of methoxy groups -OCH3 is 1. The predicted molar refractivity (Wildman–Crippen MR) is 93.5 cm³/mol. The van der Waals surface area contributed by atoms with Gasteiger partial charge in [0, 0.05) is 18.8 Å². The average molecular weight is 326 g/mol. The molecule has 3 rings (SSSR count). The summed E-state index contributed by atoms with van der Waals surface area (Å²) in [6.45, 7) is 1.54. The summed E-state index contributed by atoms with van der Waals surface area (Å²) in [5.41, 5.74) is 3.16. The lowest BCUT2D eigenvalue weighted by atomic mass is 10.0. The Hall–Kier alpha value is -2.53. The third-order valence-electron chi connectivity index (χ3n) is 4.26. The maximum absolute atomic E-state index is 12.5. The monoisotopic (exact) mass is 326 g/mol. The van der Waals surface area contributed by atoms with Gasteiger partial charge in [0.2, 0.25) is 5.91 Å². The Balaban J connectivity index is 1.58. The van der Waals surface area contributed by atoms with E-state index in [4.69, 9.17) is 4.74 Å². The number of aromatic hydroxyl groups is 1. The number of carbonyl (C=O) groups is 1. The van der Waals surface area contributed by atoms with Crippen molar-refractivity contribution < 1.29 is 14.6 Å². The SMILES string of the molecule is COc1ccc(CNCC(=O)N2CCCc3ccccc32)cc1O. The van der Waals surface area contributed by atoms with E-state index in [1.54, 1.807) is 12.1 Å². The highest BCUT2D eigenvalue weighted by atomic mass is 16.5. The van der Waals surface area contributed by atoms with Crippen molar-refractivity contribution in [2.75, 3.05) is 25.1 Å². The molecule has 1 aliphatic heterocycles. The molecule has 0 radical (unpaired) electrons. The molecule has 126 valence electrons. The number of anilines is 1. The van der Waals surface area contributed by atoms with Crippen LogP contribution in [0.5, 0.6) is 11.5 Å². The number of aryl methyl sites for hydroxylation is 1. The van der Waals surface area contributed by atoms with Gasteiger partial charge in [0.05, 0.1) is 13.7 Å². The normalized spacial score (nSPS) is 13.5. The summed E-state index contributed by atoms with van der Waals surface area (Å²) in [6, 6.07) is 13.3. The smallest absolute Gasteiger partial charge is 0.240 e. The number of benzene rings is 2. The number of amides is 1. The van der Waals surface area contributed by atoms with E-state index in [0.29, 0.717) is 12.3 Å². The number of fused-ring (bicyclic) bond motifs is 1. The first-order chi connectivity index (χ1) is 11.7. The van der Waals surface area contributed by atoms with Gasteiger partial charge in [-0.2, -0.15) is 0 Å². The number of hydrogen-bond donors (Lipinski definition) is 2. The molecule has 5 nitrogen and oxygen atoms in total. The molecular weight excluding hydrogens is 304 g/mol. The first-order valence-corrected chi connectivity index (χ1v) is 8.14. The number of rotatable bonds is 5. The molecule has 0 saturated carbocycles. The minimum atomic E-state index is 0.0693. The lowest BCUT2D eigenvalue weighted by Gasteiger charge is -2.29. The minimum absolute atomic E-state index is 0.0693. The first-order valence-electron chi connectivity index (χ1n) is 8.14. The van der Waals surface area contributed by atoms with Gasteiger partial charge >= 0.3 is 0 Å². The summed E-state index contributed by atoms with van der Waals surface area (Å²) < 4.78 is 5.02. The van der Waals surface area contributed by atoms with Crippen molar-refractivity contribution in [3.05, 3.63) is 53.6 Å². The van der Waals surface area contributed by atoms with E-state index < -0.39 is 0 Å². The van der Waals surface area contributed by atoms with Gasteiger partial charge in [-0.25, -0.2) is 0 Å². The molecule has 2 aromatic rings. The Morgan fingerprint density at radius 2 is 2.12 bits per heavy atom. The average Bonchev–Trinajstić information content (AvgIpc) is 2.61. The second-order valence-corrected chi connectivity index (χ2v) is 5.89. The van der Waals surface area contributed by atoms with Gasteiger partial charge < -0.3 is 20.1 Å². The Morgan fingerprint density at radius 1 is 1.29 bits per heavy atom. The maximum atomic E-state index is 12.5. The van der Waals surface area contributed by atoms with Crippen molar-refractivity contribution in [2.45, 2.75) is 19.4 Å². The van der Waals surface area contributed by atoms with Crippen LogP contribution in [0.25, 0.3) is 0 Å². The van der Waals surface area contributed by atoms with E-state index >= 15 is 0 Å². The molecule has 0 unspecified atom stereocenters. The summed E-state index contributed by atoms with van der Waals surface area (Å²) in [5.74, 6) is 0.618. The molecule has 0 aliphatic carbocycles. The fraction of sp³-hybridized carbons (Fsp3) is 0.316. The standard InChI is InChI=1S/C19H22N2O3/c1-24-18-9-8-14(11-17(18)22)12-20-13-19(23)21-10-4-6-15-5-2-3-7-16(15)21/h2-3,5,7-9,11,20,22H,4,6,10,12-13H2,1H3. The van der Waals surface area contributed by atoms with Crippen LogP contribution < -0.4 is 15.0 Å². The Kier molecular flexibility index (Phi) is 5.01. The molecule has 1 amide bonds. The van der Waals surface area contributed by atoms with Crippen LogP contribution in [0.4, 0.5) is 5.69 Å². The van der Waals surface area contributed by atoms with Crippen molar-refractivity contribution in [3.8, 4) is 11.5 Å². The third kappa shape index (κ3) is 3.51. The summed E-state index contributed by atoms with van der Waals surface area (Å²) in [6.07, 6.45) is 2.02. The topological polar surface area (TPSA) is 61.8 Å². The van der Waals surface area contributed by atoms with Gasteiger partial charge in [-0.3, -0.25) is 4.79 Å². The molecule has 0 bridgehead atoms. The first kappa shape index (κ1) is 16.3. The molecule has 24 heavy (non-hydrogen) atoms. The highest BCUT2D eigenvalue weighted by Gasteiger charge is 2.21. The van der Waals surface area contributed by atoms with Crippen LogP contribution in [0, 0.1) is 0 Å². The van der Waals surface area contributed by atoms with Gasteiger partial charge in [0.25, 0.3) is 0 Å². The van der Waals surface area contributed by atoms with E-state index in [-0.39, 0.29) is 18.2 Å². The van der Waals surface area contributed by atoms with Crippen molar-refractivity contribution in [1.82, 2.24) is 5.32 Å². The largest absolute Gasteiger partial charge is 0.504 e. The molecule has 5 heteroatoms. The fourth-order valence-electron chi connectivity index (χ4n) is 3.05. The third-order valence-corrected chi connectivity index (χ3v) is 4.26. The van der Waals surface area contributed by atoms with Crippen LogP contribution in [-0.2, 0) is 17.8 Å². The van der Waals surface area contributed by atoms with Gasteiger partial charge in [-0.15, -0.1) is 0 Å². The molecule has 0 spiro atoms. The van der Waals surface area contributed by atoms with Crippen LogP contribution in [-0.4, -0.2) is 31.2 Å². The quantitative estimate of drug-likeness (QED) is 0.886. The van der Waals surface area contributed by atoms with Gasteiger partial charge in [-0.1, -0.05) is 24.3 Å². The van der Waals surface area contributed by atoms with Crippen LogP contribution in [0.15, 0.2) is 42.5 Å². The number of hydrogen-bond acceptors (Lipinski definition) is 4. The summed E-state index contributed by atoms with van der Waals surface area (Å²) in [7, 11) is 1.52. The number of nitrogens with zero attached hydrogens (tertiary/aromatic N) is 1. The predicted octanol–water partition coefficient (Wildman–Crippen LogP) is 2.47. The number of para-hydroxylation sites is 1. The van der Waals surface area contributed by atoms with Crippen LogP contribution in [0.1, 0.15) is 17.5 Å².